The molecule has 0 N–H and O–H groups in total. The summed E-state index contributed by atoms with van der Waals surface area (Å²) in [4.78, 5) is 3.85. The fraction of sp³-hybridized carbons (Fsp3) is 0.429. The molecule has 0 spiro atoms. The second-order valence-electron chi connectivity index (χ2n) is 9.15. The number of hydrogen-bond donors (Lipinski definition) is 0. The molecule has 0 radical (unpaired) electrons. The summed E-state index contributed by atoms with van der Waals surface area (Å²) < 4.78 is 8.21. The van der Waals surface area contributed by atoms with E-state index in [4.69, 9.17) is 4.42 Å². The quantitative estimate of drug-likeness (QED) is 0.344. The molecule has 1 saturated carbocycles. The second-order valence-corrected chi connectivity index (χ2v) is 10.3. The highest BCUT2D eigenvalue weighted by Gasteiger charge is 2.25. The Labute approximate surface area is 196 Å². The maximum atomic E-state index is 5.56. The van der Waals surface area contributed by atoms with Crippen LogP contribution >= 0.6 is 11.9 Å². The molecule has 0 atom stereocenters. The predicted molar refractivity (Wildman–Crippen MR) is 134 cm³/mol. The molecule has 1 aliphatic heterocycles. The van der Waals surface area contributed by atoms with Gasteiger partial charge < -0.3 is 9.32 Å². The van der Waals surface area contributed by atoms with Crippen LogP contribution in [0.1, 0.15) is 61.5 Å². The van der Waals surface area contributed by atoms with E-state index in [2.05, 4.69) is 64.7 Å². The van der Waals surface area contributed by atoms with E-state index in [-0.39, 0.29) is 0 Å². The maximum Gasteiger partial charge on any atom is 0.108 e. The molecule has 2 aliphatic rings. The molecule has 0 unspecified atom stereocenters. The fourth-order valence-electron chi connectivity index (χ4n) is 5.23. The van der Waals surface area contributed by atoms with Gasteiger partial charge in [-0.2, -0.15) is 0 Å². The molecular weight excluding hydrogens is 412 g/mol. The van der Waals surface area contributed by atoms with Crippen molar-refractivity contribution in [3.8, 4) is 0 Å². The molecule has 1 aliphatic carbocycles. The van der Waals surface area contributed by atoms with E-state index in [0.717, 1.165) is 25.3 Å². The van der Waals surface area contributed by atoms with E-state index in [1.54, 1.807) is 6.26 Å². The van der Waals surface area contributed by atoms with Crippen molar-refractivity contribution in [3.05, 3.63) is 83.3 Å². The summed E-state index contributed by atoms with van der Waals surface area (Å²) in [7, 11) is 0. The van der Waals surface area contributed by atoms with Gasteiger partial charge in [0.2, 0.25) is 0 Å². The van der Waals surface area contributed by atoms with Crippen LogP contribution in [-0.2, 0) is 19.4 Å². The molecule has 2 aromatic carbocycles. The number of aryl methyl sites for hydroxylation is 1. The van der Waals surface area contributed by atoms with Gasteiger partial charge in [-0.15, -0.1) is 0 Å². The van der Waals surface area contributed by atoms with Gasteiger partial charge in [0.25, 0.3) is 0 Å². The molecule has 0 amide bonds. The van der Waals surface area contributed by atoms with Crippen LogP contribution in [0.5, 0.6) is 0 Å². The second kappa shape index (κ2) is 10.2. The lowest BCUT2D eigenvalue weighted by Crippen LogP contribution is -2.29. The van der Waals surface area contributed by atoms with Crippen molar-refractivity contribution in [3.63, 3.8) is 0 Å². The zero-order valence-electron chi connectivity index (χ0n) is 19.1. The van der Waals surface area contributed by atoms with E-state index in [1.165, 1.54) is 72.3 Å². The number of nitrogens with zero attached hydrogens (tertiary/aromatic N) is 2. The summed E-state index contributed by atoms with van der Waals surface area (Å²) in [6.45, 7) is 5.57. The lowest BCUT2D eigenvalue weighted by Gasteiger charge is -2.32. The minimum atomic E-state index is 0.664. The molecule has 0 bridgehead atoms. The van der Waals surface area contributed by atoms with Crippen LogP contribution in [0.15, 0.2) is 70.2 Å². The molecule has 32 heavy (non-hydrogen) atoms. The van der Waals surface area contributed by atoms with Gasteiger partial charge in [-0.3, -0.25) is 0 Å². The van der Waals surface area contributed by atoms with Crippen molar-refractivity contribution < 1.29 is 4.42 Å². The number of benzene rings is 2. The van der Waals surface area contributed by atoms with Crippen LogP contribution in [0.2, 0.25) is 0 Å². The Morgan fingerprint density at radius 1 is 1.00 bits per heavy atom. The average molecular weight is 447 g/mol. The molecular formula is C28H34N2OS. The normalized spacial score (nSPS) is 16.6. The zero-order valence-corrected chi connectivity index (χ0v) is 19.9. The molecule has 1 aromatic heterocycles. The van der Waals surface area contributed by atoms with Crippen molar-refractivity contribution in [2.45, 2.75) is 69.4 Å². The molecule has 4 heteroatoms. The van der Waals surface area contributed by atoms with Crippen LogP contribution < -0.4 is 4.90 Å². The molecule has 5 rings (SSSR count). The minimum Gasteiger partial charge on any atom is -0.469 e. The van der Waals surface area contributed by atoms with Gasteiger partial charge in [0, 0.05) is 42.7 Å². The third kappa shape index (κ3) is 5.07. The lowest BCUT2D eigenvalue weighted by molar-refractivity contribution is 0.350. The van der Waals surface area contributed by atoms with Gasteiger partial charge in [0.1, 0.15) is 5.76 Å². The first-order valence-electron chi connectivity index (χ1n) is 12.2. The largest absolute Gasteiger partial charge is 0.469 e. The smallest absolute Gasteiger partial charge is 0.108 e. The summed E-state index contributed by atoms with van der Waals surface area (Å²) in [6, 6.07) is 20.9. The average Bonchev–Trinajstić information content (AvgIpc) is 3.53. The lowest BCUT2D eigenvalue weighted by atomic mass is 9.99. The summed E-state index contributed by atoms with van der Waals surface area (Å²) in [5.41, 5.74) is 5.75. The van der Waals surface area contributed by atoms with Gasteiger partial charge in [0.15, 0.2) is 0 Å². The van der Waals surface area contributed by atoms with Gasteiger partial charge >= 0.3 is 0 Å². The van der Waals surface area contributed by atoms with E-state index >= 15 is 0 Å². The minimum absolute atomic E-state index is 0.664. The Morgan fingerprint density at radius 3 is 2.72 bits per heavy atom. The van der Waals surface area contributed by atoms with Gasteiger partial charge in [-0.1, -0.05) is 37.1 Å². The maximum absolute atomic E-state index is 5.56. The molecule has 168 valence electrons. The third-order valence-corrected chi connectivity index (χ3v) is 8.02. The zero-order chi connectivity index (χ0) is 21.8. The topological polar surface area (TPSA) is 19.6 Å². The van der Waals surface area contributed by atoms with Crippen LogP contribution in [0, 0.1) is 0 Å². The van der Waals surface area contributed by atoms with Crippen molar-refractivity contribution in [1.82, 2.24) is 4.31 Å². The Balaban J connectivity index is 1.34. The van der Waals surface area contributed by atoms with Crippen molar-refractivity contribution in [1.29, 1.82) is 0 Å². The monoisotopic (exact) mass is 446 g/mol. The highest BCUT2D eigenvalue weighted by Crippen LogP contribution is 2.36. The number of fused-ring (bicyclic) bond motifs is 1. The van der Waals surface area contributed by atoms with Gasteiger partial charge in [-0.25, -0.2) is 4.31 Å². The Hall–Kier alpha value is -2.17. The Morgan fingerprint density at radius 2 is 1.91 bits per heavy atom. The predicted octanol–water partition coefficient (Wildman–Crippen LogP) is 7.09. The standard InChI is InChI=1S/C28H34N2OS/c1-2-29-16-6-9-24-18-23(14-15-28(24)29)21-30(25-10-3-4-11-25)32-27-13-5-8-22(20-27)19-26-12-7-17-31-26/h5,7-8,12-15,17-18,20,25H,2-4,6,9-11,16,19,21H2,1H3. The number of anilines is 1. The molecule has 2 heterocycles. The number of rotatable bonds is 8. The van der Waals surface area contributed by atoms with E-state index in [0.29, 0.717) is 6.04 Å². The highest BCUT2D eigenvalue weighted by molar-refractivity contribution is 7.97. The van der Waals surface area contributed by atoms with Gasteiger partial charge in [-0.05, 0) is 91.6 Å². The Bertz CT molecular complexity index is 1010. The summed E-state index contributed by atoms with van der Waals surface area (Å²) >= 11 is 1.94. The number of hydrogen-bond acceptors (Lipinski definition) is 4. The molecule has 3 aromatic rings. The van der Waals surface area contributed by atoms with E-state index in [9.17, 15) is 0 Å². The van der Waals surface area contributed by atoms with E-state index in [1.807, 2.05) is 18.0 Å². The Kier molecular flexibility index (Phi) is 6.89. The summed E-state index contributed by atoms with van der Waals surface area (Å²) in [5, 5.41) is 0. The van der Waals surface area contributed by atoms with Crippen LogP contribution in [0.25, 0.3) is 0 Å². The summed E-state index contributed by atoms with van der Waals surface area (Å²) in [5.74, 6) is 1.02. The first-order valence-corrected chi connectivity index (χ1v) is 13.0. The van der Waals surface area contributed by atoms with Crippen LogP contribution in [-0.4, -0.2) is 23.4 Å². The molecule has 1 fully saturated rings. The van der Waals surface area contributed by atoms with Gasteiger partial charge in [0.05, 0.1) is 6.26 Å². The first-order chi connectivity index (χ1) is 15.8. The van der Waals surface area contributed by atoms with Crippen molar-refractivity contribution in [2.24, 2.45) is 0 Å². The molecule has 3 nitrogen and oxygen atoms in total. The summed E-state index contributed by atoms with van der Waals surface area (Å²) in [6.07, 6.45) is 10.4. The fourth-order valence-corrected chi connectivity index (χ4v) is 6.41. The molecule has 0 saturated heterocycles. The third-order valence-electron chi connectivity index (χ3n) is 6.89. The highest BCUT2D eigenvalue weighted by atomic mass is 32.2. The SMILES string of the molecule is CCN1CCCc2cc(CN(Sc3cccc(Cc4ccco4)c3)C3CCCC3)ccc21. The van der Waals surface area contributed by atoms with Crippen molar-refractivity contribution >= 4 is 17.6 Å². The van der Waals surface area contributed by atoms with Crippen LogP contribution in [0.4, 0.5) is 5.69 Å². The van der Waals surface area contributed by atoms with E-state index < -0.39 is 0 Å². The number of furan rings is 1. The van der Waals surface area contributed by atoms with Crippen LogP contribution in [0.3, 0.4) is 0 Å². The van der Waals surface area contributed by atoms with Crippen molar-refractivity contribution in [2.75, 3.05) is 18.0 Å². The first kappa shape index (κ1) is 21.7.